The number of piperidine rings is 1. The Balaban J connectivity index is 1.94. The third kappa shape index (κ3) is 2.79. The van der Waals surface area contributed by atoms with Gasteiger partial charge in [0.2, 0.25) is 0 Å². The second-order valence-corrected chi connectivity index (χ2v) is 6.87. The van der Waals surface area contributed by atoms with E-state index in [9.17, 15) is 4.79 Å². The van der Waals surface area contributed by atoms with Gasteiger partial charge in [-0.05, 0) is 51.5 Å². The Kier molecular flexibility index (Phi) is 3.58. The molecule has 0 aromatic rings. The van der Waals surface area contributed by atoms with Crippen molar-refractivity contribution in [2.75, 3.05) is 26.2 Å². The number of carbonyl (C=O) groups excluding carboxylic acids is 1. The Bertz CT molecular complexity index is 316. The maximum atomic E-state index is 12.1. The van der Waals surface area contributed by atoms with E-state index in [1.165, 1.54) is 6.42 Å². The Hall–Kier alpha value is -0.770. The van der Waals surface area contributed by atoms with Crippen LogP contribution in [-0.4, -0.2) is 42.8 Å². The minimum atomic E-state index is -0.398. The number of nitrogens with zero attached hydrogens (tertiary/aromatic N) is 1. The van der Waals surface area contributed by atoms with Gasteiger partial charge in [-0.3, -0.25) is 0 Å². The zero-order valence-corrected chi connectivity index (χ0v) is 12.1. The van der Waals surface area contributed by atoms with Crippen molar-refractivity contribution in [3.05, 3.63) is 0 Å². The van der Waals surface area contributed by atoms with E-state index in [4.69, 9.17) is 4.74 Å². The zero-order chi connectivity index (χ0) is 13.4. The highest BCUT2D eigenvalue weighted by Crippen LogP contribution is 2.41. The topological polar surface area (TPSA) is 41.6 Å². The van der Waals surface area contributed by atoms with Crippen LogP contribution in [0.25, 0.3) is 0 Å². The van der Waals surface area contributed by atoms with Crippen LogP contribution >= 0.6 is 0 Å². The summed E-state index contributed by atoms with van der Waals surface area (Å²) in [5, 5.41) is 3.46. The van der Waals surface area contributed by atoms with Crippen LogP contribution in [0.3, 0.4) is 0 Å². The number of amides is 1. The largest absolute Gasteiger partial charge is 0.444 e. The average molecular weight is 254 g/mol. The van der Waals surface area contributed by atoms with Crippen LogP contribution in [0.1, 0.15) is 40.5 Å². The molecule has 2 saturated heterocycles. The summed E-state index contributed by atoms with van der Waals surface area (Å²) in [5.41, 5.74) is 0.0167. The summed E-state index contributed by atoms with van der Waals surface area (Å²) >= 11 is 0. The molecule has 1 spiro atoms. The van der Waals surface area contributed by atoms with E-state index in [1.54, 1.807) is 0 Å². The molecule has 2 fully saturated rings. The van der Waals surface area contributed by atoms with E-state index in [2.05, 4.69) is 12.2 Å². The van der Waals surface area contributed by atoms with Crippen molar-refractivity contribution >= 4 is 6.09 Å². The molecule has 1 amide bonds. The van der Waals surface area contributed by atoms with Crippen LogP contribution in [0.15, 0.2) is 0 Å². The standard InChI is InChI=1S/C14H26N2O2/c1-11-9-16(12(17)18-13(2,3)4)8-6-14(11)5-7-15-10-14/h11,15H,5-10H2,1-4H3/t11-,14+/m1/s1. The molecule has 4 nitrogen and oxygen atoms in total. The lowest BCUT2D eigenvalue weighted by atomic mass is 9.70. The Morgan fingerprint density at radius 3 is 2.61 bits per heavy atom. The maximum absolute atomic E-state index is 12.1. The number of hydrogen-bond acceptors (Lipinski definition) is 3. The van der Waals surface area contributed by atoms with Gasteiger partial charge in [-0.1, -0.05) is 6.92 Å². The molecule has 2 aliphatic rings. The van der Waals surface area contributed by atoms with Crippen molar-refractivity contribution < 1.29 is 9.53 Å². The molecular formula is C14H26N2O2. The van der Waals surface area contributed by atoms with Crippen LogP contribution < -0.4 is 5.32 Å². The van der Waals surface area contributed by atoms with E-state index >= 15 is 0 Å². The molecule has 0 bridgehead atoms. The van der Waals surface area contributed by atoms with Gasteiger partial charge in [0, 0.05) is 19.6 Å². The minimum Gasteiger partial charge on any atom is -0.444 e. The van der Waals surface area contributed by atoms with E-state index in [0.717, 1.165) is 32.6 Å². The number of carbonyl (C=O) groups is 1. The third-order valence-corrected chi connectivity index (χ3v) is 4.35. The Morgan fingerprint density at radius 2 is 2.11 bits per heavy atom. The maximum Gasteiger partial charge on any atom is 0.410 e. The second-order valence-electron chi connectivity index (χ2n) is 6.87. The highest BCUT2D eigenvalue weighted by atomic mass is 16.6. The van der Waals surface area contributed by atoms with Gasteiger partial charge in [0.05, 0.1) is 0 Å². The first-order chi connectivity index (χ1) is 8.32. The van der Waals surface area contributed by atoms with Crippen LogP contribution in [0.2, 0.25) is 0 Å². The number of likely N-dealkylation sites (tertiary alicyclic amines) is 1. The van der Waals surface area contributed by atoms with Crippen molar-refractivity contribution in [1.82, 2.24) is 10.2 Å². The fourth-order valence-corrected chi connectivity index (χ4v) is 3.11. The monoisotopic (exact) mass is 254 g/mol. The molecule has 104 valence electrons. The molecule has 0 radical (unpaired) electrons. The van der Waals surface area contributed by atoms with Gasteiger partial charge < -0.3 is 15.0 Å². The van der Waals surface area contributed by atoms with Gasteiger partial charge in [0.1, 0.15) is 5.60 Å². The predicted octanol–water partition coefficient (Wildman–Crippen LogP) is 2.24. The van der Waals surface area contributed by atoms with Gasteiger partial charge in [0.15, 0.2) is 0 Å². The van der Waals surface area contributed by atoms with Gasteiger partial charge >= 0.3 is 6.09 Å². The second kappa shape index (κ2) is 4.72. The SMILES string of the molecule is C[C@@H]1CN(C(=O)OC(C)(C)C)CC[C@]12CCNC2. The molecule has 2 aliphatic heterocycles. The lowest BCUT2D eigenvalue weighted by molar-refractivity contribution is -0.00160. The molecule has 2 heterocycles. The van der Waals surface area contributed by atoms with Crippen molar-refractivity contribution in [3.63, 3.8) is 0 Å². The van der Waals surface area contributed by atoms with Gasteiger partial charge in [-0.15, -0.1) is 0 Å². The molecule has 1 N–H and O–H groups in total. The van der Waals surface area contributed by atoms with Crippen LogP contribution in [0.4, 0.5) is 4.79 Å². The first kappa shape index (κ1) is 13.7. The molecule has 0 saturated carbocycles. The van der Waals surface area contributed by atoms with Crippen LogP contribution in [-0.2, 0) is 4.74 Å². The van der Waals surface area contributed by atoms with E-state index in [-0.39, 0.29) is 6.09 Å². The lowest BCUT2D eigenvalue weighted by Crippen LogP contribution is -2.50. The van der Waals surface area contributed by atoms with Crippen LogP contribution in [0.5, 0.6) is 0 Å². The number of nitrogens with one attached hydrogen (secondary N) is 1. The van der Waals surface area contributed by atoms with E-state index in [0.29, 0.717) is 11.3 Å². The molecule has 0 aromatic carbocycles. The van der Waals surface area contributed by atoms with Crippen molar-refractivity contribution in [2.45, 2.75) is 46.1 Å². The molecule has 0 aliphatic carbocycles. The van der Waals surface area contributed by atoms with E-state index in [1.807, 2.05) is 25.7 Å². The van der Waals surface area contributed by atoms with Crippen molar-refractivity contribution in [2.24, 2.45) is 11.3 Å². The predicted molar refractivity (Wildman–Crippen MR) is 71.5 cm³/mol. The minimum absolute atomic E-state index is 0.157. The lowest BCUT2D eigenvalue weighted by Gasteiger charge is -2.44. The Morgan fingerprint density at radius 1 is 1.39 bits per heavy atom. The molecule has 4 heteroatoms. The van der Waals surface area contributed by atoms with Crippen LogP contribution in [0, 0.1) is 11.3 Å². The summed E-state index contributed by atoms with van der Waals surface area (Å²) < 4.78 is 5.45. The van der Waals surface area contributed by atoms with Crippen molar-refractivity contribution in [3.8, 4) is 0 Å². The molecule has 18 heavy (non-hydrogen) atoms. The molecule has 0 unspecified atom stereocenters. The normalized spacial score (nSPS) is 32.9. The number of ether oxygens (including phenoxy) is 1. The summed E-state index contributed by atoms with van der Waals surface area (Å²) in [6.45, 7) is 11.9. The summed E-state index contributed by atoms with van der Waals surface area (Å²) in [7, 11) is 0. The first-order valence-electron chi connectivity index (χ1n) is 7.01. The summed E-state index contributed by atoms with van der Waals surface area (Å²) in [5.74, 6) is 0.550. The fourth-order valence-electron chi connectivity index (χ4n) is 3.11. The molecule has 0 aromatic heterocycles. The number of rotatable bonds is 0. The quantitative estimate of drug-likeness (QED) is 0.721. The zero-order valence-electron chi connectivity index (χ0n) is 12.1. The first-order valence-corrected chi connectivity index (χ1v) is 7.01. The Labute approximate surface area is 110 Å². The smallest absolute Gasteiger partial charge is 0.410 e. The highest BCUT2D eigenvalue weighted by molar-refractivity contribution is 5.68. The average Bonchev–Trinajstić information content (AvgIpc) is 2.69. The molecular weight excluding hydrogens is 228 g/mol. The summed E-state index contributed by atoms with van der Waals surface area (Å²) in [4.78, 5) is 13.9. The van der Waals surface area contributed by atoms with E-state index < -0.39 is 5.60 Å². The third-order valence-electron chi connectivity index (χ3n) is 4.35. The fraction of sp³-hybridized carbons (Fsp3) is 0.929. The van der Waals surface area contributed by atoms with Gasteiger partial charge in [0.25, 0.3) is 0 Å². The molecule has 2 atom stereocenters. The highest BCUT2D eigenvalue weighted by Gasteiger charge is 2.44. The summed E-state index contributed by atoms with van der Waals surface area (Å²) in [6.07, 6.45) is 2.19. The van der Waals surface area contributed by atoms with Gasteiger partial charge in [-0.25, -0.2) is 4.79 Å². The number of hydrogen-bond donors (Lipinski definition) is 1. The summed E-state index contributed by atoms with van der Waals surface area (Å²) in [6, 6.07) is 0. The molecule has 2 rings (SSSR count). The van der Waals surface area contributed by atoms with Crippen molar-refractivity contribution in [1.29, 1.82) is 0 Å². The van der Waals surface area contributed by atoms with Gasteiger partial charge in [-0.2, -0.15) is 0 Å².